The molecule has 0 aliphatic heterocycles. The predicted octanol–water partition coefficient (Wildman–Crippen LogP) is 2.17. The maximum absolute atomic E-state index is 4.52. The van der Waals surface area contributed by atoms with Gasteiger partial charge in [-0.2, -0.15) is 0 Å². The van der Waals surface area contributed by atoms with Crippen molar-refractivity contribution in [2.24, 2.45) is 0 Å². The van der Waals surface area contributed by atoms with E-state index >= 15 is 0 Å². The van der Waals surface area contributed by atoms with Gasteiger partial charge in [-0.05, 0) is 20.0 Å². The van der Waals surface area contributed by atoms with Crippen molar-refractivity contribution in [3.8, 4) is 11.4 Å². The number of nitrogens with one attached hydrogen (secondary N) is 1. The molecule has 1 aromatic carbocycles. The summed E-state index contributed by atoms with van der Waals surface area (Å²) >= 11 is 0. The highest BCUT2D eigenvalue weighted by molar-refractivity contribution is 5.54. The Kier molecular flexibility index (Phi) is 3.27. The Labute approximate surface area is 95.6 Å². The number of rotatable bonds is 3. The SMILES string of the molecule is CNCc1cc(C)nc(-c2ccccc2)n1. The van der Waals surface area contributed by atoms with Gasteiger partial charge in [-0.1, -0.05) is 30.3 Å². The molecule has 3 heteroatoms. The van der Waals surface area contributed by atoms with E-state index in [-0.39, 0.29) is 0 Å². The van der Waals surface area contributed by atoms with Crippen molar-refractivity contribution in [1.29, 1.82) is 0 Å². The van der Waals surface area contributed by atoms with Crippen LogP contribution in [0.1, 0.15) is 11.4 Å². The average Bonchev–Trinajstić information content (AvgIpc) is 2.30. The van der Waals surface area contributed by atoms with Crippen LogP contribution >= 0.6 is 0 Å². The first-order valence-electron chi connectivity index (χ1n) is 5.34. The van der Waals surface area contributed by atoms with Crippen molar-refractivity contribution >= 4 is 0 Å². The Bertz CT molecular complexity index is 466. The van der Waals surface area contributed by atoms with Gasteiger partial charge in [0.25, 0.3) is 0 Å². The van der Waals surface area contributed by atoms with Crippen molar-refractivity contribution in [3.05, 3.63) is 47.8 Å². The first-order chi connectivity index (χ1) is 7.79. The summed E-state index contributed by atoms with van der Waals surface area (Å²) in [4.78, 5) is 8.97. The van der Waals surface area contributed by atoms with Crippen LogP contribution in [-0.2, 0) is 6.54 Å². The van der Waals surface area contributed by atoms with Gasteiger partial charge in [0.2, 0.25) is 0 Å². The molecule has 16 heavy (non-hydrogen) atoms. The van der Waals surface area contributed by atoms with Crippen LogP contribution in [0, 0.1) is 6.92 Å². The first kappa shape index (κ1) is 10.8. The molecule has 0 atom stereocenters. The Balaban J connectivity index is 2.41. The number of hydrogen-bond donors (Lipinski definition) is 1. The monoisotopic (exact) mass is 213 g/mol. The molecule has 0 amide bonds. The summed E-state index contributed by atoms with van der Waals surface area (Å²) in [5.74, 6) is 0.797. The molecule has 1 N–H and O–H groups in total. The quantitative estimate of drug-likeness (QED) is 0.849. The molecule has 0 unspecified atom stereocenters. The zero-order valence-corrected chi connectivity index (χ0v) is 9.57. The first-order valence-corrected chi connectivity index (χ1v) is 5.34. The van der Waals surface area contributed by atoms with E-state index in [1.54, 1.807) is 0 Å². The van der Waals surface area contributed by atoms with E-state index in [1.165, 1.54) is 0 Å². The topological polar surface area (TPSA) is 37.8 Å². The smallest absolute Gasteiger partial charge is 0.159 e. The summed E-state index contributed by atoms with van der Waals surface area (Å²) in [7, 11) is 1.92. The zero-order chi connectivity index (χ0) is 11.4. The molecular weight excluding hydrogens is 198 g/mol. The second kappa shape index (κ2) is 4.86. The lowest BCUT2D eigenvalue weighted by atomic mass is 10.2. The van der Waals surface area contributed by atoms with Crippen LogP contribution in [0.2, 0.25) is 0 Å². The summed E-state index contributed by atoms with van der Waals surface area (Å²) < 4.78 is 0. The Hall–Kier alpha value is -1.74. The molecule has 1 heterocycles. The zero-order valence-electron chi connectivity index (χ0n) is 9.57. The molecule has 3 nitrogen and oxygen atoms in total. The van der Waals surface area contributed by atoms with Gasteiger partial charge >= 0.3 is 0 Å². The number of aromatic nitrogens is 2. The van der Waals surface area contributed by atoms with E-state index < -0.39 is 0 Å². The van der Waals surface area contributed by atoms with Crippen LogP contribution in [0.25, 0.3) is 11.4 Å². The normalized spacial score (nSPS) is 10.4. The molecule has 0 fully saturated rings. The molecule has 0 saturated heterocycles. The summed E-state index contributed by atoms with van der Waals surface area (Å²) in [6, 6.07) is 12.0. The molecule has 82 valence electrons. The third-order valence-electron chi connectivity index (χ3n) is 2.30. The number of nitrogens with zero attached hydrogens (tertiary/aromatic N) is 2. The van der Waals surface area contributed by atoms with Crippen LogP contribution in [0.15, 0.2) is 36.4 Å². The van der Waals surface area contributed by atoms with Gasteiger partial charge in [0.15, 0.2) is 5.82 Å². The van der Waals surface area contributed by atoms with Gasteiger partial charge in [0.1, 0.15) is 0 Å². The fraction of sp³-hybridized carbons (Fsp3) is 0.231. The van der Waals surface area contributed by atoms with Crippen LogP contribution in [-0.4, -0.2) is 17.0 Å². The molecule has 0 aliphatic rings. The van der Waals surface area contributed by atoms with Crippen molar-refractivity contribution in [1.82, 2.24) is 15.3 Å². The van der Waals surface area contributed by atoms with E-state index in [2.05, 4.69) is 15.3 Å². The Morgan fingerprint density at radius 1 is 1.12 bits per heavy atom. The van der Waals surface area contributed by atoms with E-state index in [0.29, 0.717) is 0 Å². The fourth-order valence-electron chi connectivity index (χ4n) is 1.62. The lowest BCUT2D eigenvalue weighted by molar-refractivity contribution is 0.785. The summed E-state index contributed by atoms with van der Waals surface area (Å²) in [5, 5.41) is 3.10. The average molecular weight is 213 g/mol. The third-order valence-corrected chi connectivity index (χ3v) is 2.30. The molecule has 0 radical (unpaired) electrons. The molecule has 2 aromatic rings. The second-order valence-corrected chi connectivity index (χ2v) is 3.72. The van der Waals surface area contributed by atoms with E-state index in [0.717, 1.165) is 29.3 Å². The minimum Gasteiger partial charge on any atom is -0.314 e. The number of benzene rings is 1. The minimum absolute atomic E-state index is 0.767. The summed E-state index contributed by atoms with van der Waals surface area (Å²) in [6.45, 7) is 2.76. The highest BCUT2D eigenvalue weighted by Crippen LogP contribution is 2.15. The van der Waals surface area contributed by atoms with Gasteiger partial charge in [0, 0.05) is 17.8 Å². The Morgan fingerprint density at radius 3 is 2.56 bits per heavy atom. The largest absolute Gasteiger partial charge is 0.314 e. The molecule has 2 rings (SSSR count). The molecule has 0 aliphatic carbocycles. The van der Waals surface area contributed by atoms with Gasteiger partial charge in [-0.25, -0.2) is 9.97 Å². The molecule has 0 bridgehead atoms. The van der Waals surface area contributed by atoms with Gasteiger partial charge in [0.05, 0.1) is 5.69 Å². The lowest BCUT2D eigenvalue weighted by Gasteiger charge is -2.05. The Morgan fingerprint density at radius 2 is 1.88 bits per heavy atom. The molecule has 1 aromatic heterocycles. The van der Waals surface area contributed by atoms with Crippen LogP contribution in [0.5, 0.6) is 0 Å². The highest BCUT2D eigenvalue weighted by atomic mass is 14.9. The van der Waals surface area contributed by atoms with Crippen molar-refractivity contribution in [2.75, 3.05) is 7.05 Å². The van der Waals surface area contributed by atoms with Crippen LogP contribution in [0.4, 0.5) is 0 Å². The lowest BCUT2D eigenvalue weighted by Crippen LogP contribution is -2.08. The highest BCUT2D eigenvalue weighted by Gasteiger charge is 2.03. The molecule has 0 saturated carbocycles. The van der Waals surface area contributed by atoms with Crippen molar-refractivity contribution in [2.45, 2.75) is 13.5 Å². The third kappa shape index (κ3) is 2.44. The van der Waals surface area contributed by atoms with Crippen molar-refractivity contribution in [3.63, 3.8) is 0 Å². The predicted molar refractivity (Wildman–Crippen MR) is 65.0 cm³/mol. The maximum atomic E-state index is 4.52. The van der Waals surface area contributed by atoms with Crippen LogP contribution < -0.4 is 5.32 Å². The van der Waals surface area contributed by atoms with E-state index in [1.807, 2.05) is 50.4 Å². The fourth-order valence-corrected chi connectivity index (χ4v) is 1.62. The number of aryl methyl sites for hydroxylation is 1. The van der Waals surface area contributed by atoms with Gasteiger partial charge in [-0.3, -0.25) is 0 Å². The summed E-state index contributed by atoms with van der Waals surface area (Å²) in [6.07, 6.45) is 0. The molecular formula is C13H15N3. The molecule has 0 spiro atoms. The van der Waals surface area contributed by atoms with Crippen LogP contribution in [0.3, 0.4) is 0 Å². The van der Waals surface area contributed by atoms with Crippen molar-refractivity contribution < 1.29 is 0 Å². The van der Waals surface area contributed by atoms with E-state index in [9.17, 15) is 0 Å². The number of hydrogen-bond acceptors (Lipinski definition) is 3. The second-order valence-electron chi connectivity index (χ2n) is 3.72. The maximum Gasteiger partial charge on any atom is 0.159 e. The standard InChI is InChI=1S/C13H15N3/c1-10-8-12(9-14-2)16-13(15-10)11-6-4-3-5-7-11/h3-8,14H,9H2,1-2H3. The van der Waals surface area contributed by atoms with Gasteiger partial charge < -0.3 is 5.32 Å². The summed E-state index contributed by atoms with van der Waals surface area (Å²) in [5.41, 5.74) is 3.08. The minimum atomic E-state index is 0.767. The van der Waals surface area contributed by atoms with Gasteiger partial charge in [-0.15, -0.1) is 0 Å². The van der Waals surface area contributed by atoms with E-state index in [4.69, 9.17) is 0 Å².